The van der Waals surface area contributed by atoms with Crippen molar-refractivity contribution in [1.82, 2.24) is 4.98 Å². The molecule has 7 nitrogen and oxygen atoms in total. The van der Waals surface area contributed by atoms with E-state index in [2.05, 4.69) is 52.3 Å². The number of anilines is 1. The lowest BCUT2D eigenvalue weighted by Gasteiger charge is -2.30. The van der Waals surface area contributed by atoms with E-state index in [1.807, 2.05) is 18.2 Å². The lowest BCUT2D eigenvalue weighted by Crippen LogP contribution is -2.36. The number of carbonyl (C=O) groups is 1. The van der Waals surface area contributed by atoms with Crippen molar-refractivity contribution in [2.24, 2.45) is 0 Å². The van der Waals surface area contributed by atoms with Crippen LogP contribution in [0.2, 0.25) is 0 Å². The Morgan fingerprint density at radius 1 is 0.949 bits per heavy atom. The number of rotatable bonds is 8. The number of aromatic nitrogens is 1. The smallest absolute Gasteiger partial charge is 0.493 e. The predicted octanol–water partition coefficient (Wildman–Crippen LogP) is 6.62. The van der Waals surface area contributed by atoms with Crippen molar-refractivity contribution in [1.29, 1.82) is 0 Å². The molecule has 1 saturated heterocycles. The maximum absolute atomic E-state index is 11.6. The topological polar surface area (TPSA) is 84.0 Å². The Balaban J connectivity index is 1.28. The molecule has 4 aromatic rings. The fourth-order valence-corrected chi connectivity index (χ4v) is 5.99. The lowest BCUT2D eigenvalue weighted by molar-refractivity contribution is 0.123. The largest absolute Gasteiger partial charge is 0.512 e. The zero-order valence-corrected chi connectivity index (χ0v) is 22.1. The van der Waals surface area contributed by atoms with Crippen molar-refractivity contribution in [3.05, 3.63) is 77.4 Å². The highest BCUT2D eigenvalue weighted by molar-refractivity contribution is 6.00. The van der Waals surface area contributed by atoms with Gasteiger partial charge in [-0.1, -0.05) is 48.5 Å². The van der Waals surface area contributed by atoms with Gasteiger partial charge in [-0.25, -0.2) is 4.79 Å². The highest BCUT2D eigenvalue weighted by atomic mass is 16.7. The lowest BCUT2D eigenvalue weighted by atomic mass is 9.91. The molecule has 6 rings (SSSR count). The van der Waals surface area contributed by atoms with Gasteiger partial charge < -0.3 is 29.2 Å². The summed E-state index contributed by atoms with van der Waals surface area (Å²) in [6.07, 6.45) is 4.67. The second-order valence-electron chi connectivity index (χ2n) is 10.2. The summed E-state index contributed by atoms with van der Waals surface area (Å²) >= 11 is 0. The molecule has 1 aliphatic carbocycles. The summed E-state index contributed by atoms with van der Waals surface area (Å²) in [6.45, 7) is 3.63. The maximum Gasteiger partial charge on any atom is 0.512 e. The van der Waals surface area contributed by atoms with Crippen LogP contribution in [0, 0.1) is 0 Å². The number of aromatic amines is 1. The highest BCUT2D eigenvalue weighted by Crippen LogP contribution is 2.39. The van der Waals surface area contributed by atoms with Gasteiger partial charge in [0, 0.05) is 40.9 Å². The number of ether oxygens (including phenoxy) is 3. The monoisotopic (exact) mass is 526 g/mol. The van der Waals surface area contributed by atoms with E-state index in [-0.39, 0.29) is 5.88 Å². The van der Waals surface area contributed by atoms with Gasteiger partial charge >= 0.3 is 6.16 Å². The summed E-state index contributed by atoms with van der Waals surface area (Å²) in [4.78, 5) is 17.2. The van der Waals surface area contributed by atoms with Crippen LogP contribution in [0.5, 0.6) is 11.6 Å². The average Bonchev–Trinajstić information content (AvgIpc) is 3.32. The number of morpholine rings is 1. The molecule has 1 aromatic heterocycles. The number of hydrogen-bond acceptors (Lipinski definition) is 5. The van der Waals surface area contributed by atoms with E-state index < -0.39 is 6.16 Å². The molecule has 0 radical (unpaired) electrons. The predicted molar refractivity (Wildman–Crippen MR) is 152 cm³/mol. The molecule has 2 aliphatic rings. The second kappa shape index (κ2) is 11.4. The molecule has 0 saturated carbocycles. The number of hydrogen-bond donors (Lipinski definition) is 2. The van der Waals surface area contributed by atoms with Crippen LogP contribution in [-0.4, -0.2) is 49.2 Å². The molecule has 1 fully saturated rings. The van der Waals surface area contributed by atoms with Crippen molar-refractivity contribution in [3.8, 4) is 22.8 Å². The number of nitrogens with zero attached hydrogens (tertiary/aromatic N) is 1. The molecule has 202 valence electrons. The van der Waals surface area contributed by atoms with Gasteiger partial charge in [0.15, 0.2) is 0 Å². The number of nitrogens with one attached hydrogen (secondary N) is 1. The first-order valence-corrected chi connectivity index (χ1v) is 13.9. The van der Waals surface area contributed by atoms with Crippen LogP contribution in [0.15, 0.2) is 60.7 Å². The maximum atomic E-state index is 11.6. The summed E-state index contributed by atoms with van der Waals surface area (Å²) in [5.74, 6) is 1.26. The van der Waals surface area contributed by atoms with Crippen LogP contribution in [0.4, 0.5) is 10.5 Å². The van der Waals surface area contributed by atoms with Gasteiger partial charge in [-0.15, -0.1) is 0 Å². The van der Waals surface area contributed by atoms with E-state index in [1.165, 1.54) is 24.0 Å². The Kier molecular flexibility index (Phi) is 7.41. The normalized spacial score (nSPS) is 15.2. The van der Waals surface area contributed by atoms with Crippen molar-refractivity contribution >= 4 is 22.7 Å². The number of carboxylic acid groups (broad SMARTS) is 1. The SMILES string of the molecule is O=C(O)Oc1[nH]c2c(-c3ccccc3N3CCOCC3)cccc2c1CCCOc1cccc2c1CCCC2. The zero-order valence-electron chi connectivity index (χ0n) is 22.1. The van der Waals surface area contributed by atoms with E-state index >= 15 is 0 Å². The first kappa shape index (κ1) is 25.3. The van der Waals surface area contributed by atoms with Gasteiger partial charge in [-0.05, 0) is 61.8 Å². The Bertz CT molecular complexity index is 1470. The Hall–Kier alpha value is -3.97. The highest BCUT2D eigenvalue weighted by Gasteiger charge is 2.21. The third-order valence-corrected chi connectivity index (χ3v) is 7.82. The van der Waals surface area contributed by atoms with Crippen molar-refractivity contribution in [2.75, 3.05) is 37.8 Å². The van der Waals surface area contributed by atoms with Crippen LogP contribution in [0.1, 0.15) is 36.0 Å². The first-order chi connectivity index (χ1) is 19.2. The number of H-pyrrole nitrogens is 1. The van der Waals surface area contributed by atoms with Gasteiger partial charge in [-0.3, -0.25) is 0 Å². The average molecular weight is 527 g/mol. The molecule has 0 spiro atoms. The van der Waals surface area contributed by atoms with Gasteiger partial charge in [-0.2, -0.15) is 0 Å². The molecule has 0 amide bonds. The summed E-state index contributed by atoms with van der Waals surface area (Å²) in [6, 6.07) is 20.8. The minimum absolute atomic E-state index is 0.283. The van der Waals surface area contributed by atoms with Gasteiger partial charge in [0.25, 0.3) is 0 Å². The fraction of sp³-hybridized carbons (Fsp3) is 0.344. The summed E-state index contributed by atoms with van der Waals surface area (Å²) < 4.78 is 17.0. The van der Waals surface area contributed by atoms with Crippen LogP contribution in [0.3, 0.4) is 0 Å². The van der Waals surface area contributed by atoms with E-state index in [0.29, 0.717) is 26.2 Å². The molecular formula is C32H34N2O5. The molecule has 2 heterocycles. The molecule has 0 bridgehead atoms. The number of benzene rings is 3. The number of fused-ring (bicyclic) bond motifs is 2. The third kappa shape index (κ3) is 5.32. The minimum atomic E-state index is -1.33. The number of para-hydroxylation sites is 2. The Morgan fingerprint density at radius 3 is 2.62 bits per heavy atom. The van der Waals surface area contributed by atoms with Crippen LogP contribution < -0.4 is 14.4 Å². The fourth-order valence-electron chi connectivity index (χ4n) is 5.99. The molecule has 1 aliphatic heterocycles. The van der Waals surface area contributed by atoms with Gasteiger partial charge in [0.05, 0.1) is 25.3 Å². The van der Waals surface area contributed by atoms with E-state index in [4.69, 9.17) is 14.2 Å². The quantitative estimate of drug-likeness (QED) is 0.198. The third-order valence-electron chi connectivity index (χ3n) is 7.82. The summed E-state index contributed by atoms with van der Waals surface area (Å²) in [5.41, 5.74) is 7.73. The molecule has 0 unspecified atom stereocenters. The van der Waals surface area contributed by atoms with Crippen LogP contribution in [0.25, 0.3) is 22.0 Å². The van der Waals surface area contributed by atoms with Crippen molar-refractivity contribution < 1.29 is 24.1 Å². The zero-order chi connectivity index (χ0) is 26.6. The van der Waals surface area contributed by atoms with Crippen molar-refractivity contribution in [2.45, 2.75) is 38.5 Å². The van der Waals surface area contributed by atoms with Gasteiger partial charge in [0.2, 0.25) is 5.88 Å². The molecule has 39 heavy (non-hydrogen) atoms. The standard InChI is InChI=1S/C32H34N2O5/c35-32(36)39-31-27(14-7-19-38-29-16-5-9-22-8-1-2-10-23(22)29)26-13-6-12-25(30(26)33-31)24-11-3-4-15-28(24)34-17-20-37-21-18-34/h3-6,9,11-13,15-16,33H,1-2,7-8,10,14,17-21H2,(H,35,36). The minimum Gasteiger partial charge on any atom is -0.493 e. The Labute approximate surface area is 228 Å². The first-order valence-electron chi connectivity index (χ1n) is 13.9. The second-order valence-corrected chi connectivity index (χ2v) is 10.2. The van der Waals surface area contributed by atoms with E-state index in [0.717, 1.165) is 71.4 Å². The van der Waals surface area contributed by atoms with E-state index in [9.17, 15) is 9.90 Å². The van der Waals surface area contributed by atoms with E-state index in [1.54, 1.807) is 0 Å². The van der Waals surface area contributed by atoms with Crippen LogP contribution in [-0.2, 0) is 24.0 Å². The molecule has 3 aromatic carbocycles. The molecule has 2 N–H and O–H groups in total. The van der Waals surface area contributed by atoms with Crippen LogP contribution >= 0.6 is 0 Å². The Morgan fingerprint density at radius 2 is 1.74 bits per heavy atom. The van der Waals surface area contributed by atoms with Gasteiger partial charge in [0.1, 0.15) is 5.75 Å². The molecular weight excluding hydrogens is 492 g/mol. The summed E-state index contributed by atoms with van der Waals surface area (Å²) in [5, 5.41) is 10.4. The molecule has 7 heteroatoms. The molecule has 0 atom stereocenters. The number of aryl methyl sites for hydroxylation is 2. The van der Waals surface area contributed by atoms with Crippen molar-refractivity contribution in [3.63, 3.8) is 0 Å². The summed E-state index contributed by atoms with van der Waals surface area (Å²) in [7, 11) is 0.